The van der Waals surface area contributed by atoms with Crippen molar-refractivity contribution < 1.29 is 25.3 Å². The van der Waals surface area contributed by atoms with Crippen LogP contribution in [-0.2, 0) is 29.9 Å². The second-order valence-electron chi connectivity index (χ2n) is 3.83. The Hall–Kier alpha value is -1.17. The molecule has 19 heavy (non-hydrogen) atoms. The van der Waals surface area contributed by atoms with Crippen molar-refractivity contribution in [3.63, 3.8) is 0 Å². The first kappa shape index (κ1) is 15.9. The third kappa shape index (κ3) is 5.55. The van der Waals surface area contributed by atoms with Gasteiger partial charge in [0.05, 0.1) is 4.90 Å². The molecule has 0 saturated carbocycles. The molecule has 0 bridgehead atoms. The Kier molecular flexibility index (Phi) is 4.24. The van der Waals surface area contributed by atoms with E-state index in [1.807, 2.05) is 4.72 Å². The van der Waals surface area contributed by atoms with Gasteiger partial charge in [0.25, 0.3) is 0 Å². The smallest absolute Gasteiger partial charge is 0.247 e. The molecule has 0 saturated heterocycles. The van der Waals surface area contributed by atoms with Crippen LogP contribution in [0.4, 0.5) is 5.69 Å². The molecule has 1 aromatic rings. The van der Waals surface area contributed by atoms with Crippen molar-refractivity contribution >= 4 is 35.6 Å². The van der Waals surface area contributed by atoms with Crippen LogP contribution < -0.4 is 9.86 Å². The summed E-state index contributed by atoms with van der Waals surface area (Å²) in [6.07, 6.45) is 0.771. The summed E-state index contributed by atoms with van der Waals surface area (Å²) in [6.45, 7) is 0. The van der Waals surface area contributed by atoms with E-state index in [0.717, 1.165) is 12.3 Å². The van der Waals surface area contributed by atoms with Gasteiger partial charge in [0, 0.05) is 11.9 Å². The molecule has 1 aromatic carbocycles. The average molecular weight is 328 g/mol. The SMILES string of the molecule is CS(=O)(=O)CS(=O)(=O)Nc1cccc(S(N)(=O)=O)c1. The van der Waals surface area contributed by atoms with Gasteiger partial charge in [0.15, 0.2) is 14.9 Å². The maximum atomic E-state index is 11.5. The molecule has 0 aliphatic rings. The first-order valence-electron chi connectivity index (χ1n) is 4.70. The van der Waals surface area contributed by atoms with Crippen molar-refractivity contribution in [3.05, 3.63) is 24.3 Å². The fourth-order valence-corrected chi connectivity index (χ4v) is 4.76. The van der Waals surface area contributed by atoms with E-state index in [-0.39, 0.29) is 10.6 Å². The van der Waals surface area contributed by atoms with Crippen LogP contribution in [0.3, 0.4) is 0 Å². The molecular formula is C8H12N2O6S3. The van der Waals surface area contributed by atoms with Gasteiger partial charge in [-0.05, 0) is 18.2 Å². The van der Waals surface area contributed by atoms with Crippen molar-refractivity contribution in [2.45, 2.75) is 4.90 Å². The Morgan fingerprint density at radius 1 is 1.11 bits per heavy atom. The van der Waals surface area contributed by atoms with Crippen molar-refractivity contribution in [2.75, 3.05) is 16.1 Å². The second-order valence-corrected chi connectivity index (χ2v) is 9.62. The van der Waals surface area contributed by atoms with Crippen LogP contribution in [0.2, 0.25) is 0 Å². The Bertz CT molecular complexity index is 780. The van der Waals surface area contributed by atoms with Gasteiger partial charge in [-0.2, -0.15) is 0 Å². The van der Waals surface area contributed by atoms with Crippen molar-refractivity contribution in [2.24, 2.45) is 5.14 Å². The normalized spacial score (nSPS) is 13.2. The largest absolute Gasteiger partial charge is 0.283 e. The molecule has 0 heterocycles. The average Bonchev–Trinajstić information content (AvgIpc) is 2.11. The minimum atomic E-state index is -4.13. The van der Waals surface area contributed by atoms with Crippen LogP contribution in [0.1, 0.15) is 0 Å². The number of primary sulfonamides is 1. The van der Waals surface area contributed by atoms with E-state index in [1.165, 1.54) is 18.2 Å². The molecule has 0 fully saturated rings. The van der Waals surface area contributed by atoms with Gasteiger partial charge in [0.2, 0.25) is 20.0 Å². The molecule has 0 atom stereocenters. The van der Waals surface area contributed by atoms with Gasteiger partial charge in [0.1, 0.15) is 0 Å². The summed E-state index contributed by atoms with van der Waals surface area (Å²) in [5, 5.41) is 3.79. The number of nitrogens with one attached hydrogen (secondary N) is 1. The maximum Gasteiger partial charge on any atom is 0.247 e. The van der Waals surface area contributed by atoms with Crippen LogP contribution >= 0.6 is 0 Å². The minimum absolute atomic E-state index is 0.0878. The molecule has 1 rings (SSSR count). The molecular weight excluding hydrogens is 316 g/mol. The first-order valence-corrected chi connectivity index (χ1v) is 9.96. The number of anilines is 1. The molecule has 108 valence electrons. The molecule has 0 aliphatic carbocycles. The van der Waals surface area contributed by atoms with Crippen LogP contribution in [0.5, 0.6) is 0 Å². The van der Waals surface area contributed by atoms with Crippen LogP contribution in [0.25, 0.3) is 0 Å². The van der Waals surface area contributed by atoms with Gasteiger partial charge >= 0.3 is 0 Å². The highest BCUT2D eigenvalue weighted by atomic mass is 32.3. The van der Waals surface area contributed by atoms with Crippen molar-refractivity contribution in [3.8, 4) is 0 Å². The molecule has 8 nitrogen and oxygen atoms in total. The van der Waals surface area contributed by atoms with Crippen molar-refractivity contribution in [1.82, 2.24) is 0 Å². The topological polar surface area (TPSA) is 140 Å². The summed E-state index contributed by atoms with van der Waals surface area (Å²) in [4.78, 5) is -0.285. The number of hydrogen-bond acceptors (Lipinski definition) is 6. The van der Waals surface area contributed by atoms with Crippen LogP contribution in [0.15, 0.2) is 29.2 Å². The fraction of sp³-hybridized carbons (Fsp3) is 0.250. The lowest BCUT2D eigenvalue weighted by molar-refractivity contribution is 0.593. The summed E-state index contributed by atoms with van der Waals surface area (Å²) in [6, 6.07) is 4.73. The molecule has 11 heteroatoms. The number of sulfone groups is 1. The molecule has 0 aromatic heterocycles. The van der Waals surface area contributed by atoms with E-state index < -0.39 is 35.0 Å². The van der Waals surface area contributed by atoms with Gasteiger partial charge in [-0.25, -0.2) is 30.4 Å². The molecule has 3 N–H and O–H groups in total. The molecule has 0 aliphatic heterocycles. The van der Waals surface area contributed by atoms with Gasteiger partial charge in [-0.1, -0.05) is 6.07 Å². The number of sulfonamides is 2. The molecule has 0 amide bonds. The predicted octanol–water partition coefficient (Wildman–Crippen LogP) is -0.922. The lowest BCUT2D eigenvalue weighted by atomic mass is 10.3. The van der Waals surface area contributed by atoms with Crippen LogP contribution in [0, 0.1) is 0 Å². The zero-order valence-corrected chi connectivity index (χ0v) is 12.2. The highest BCUT2D eigenvalue weighted by Crippen LogP contribution is 2.15. The highest BCUT2D eigenvalue weighted by molar-refractivity contribution is 8.08. The van der Waals surface area contributed by atoms with E-state index in [0.29, 0.717) is 0 Å². The van der Waals surface area contributed by atoms with Gasteiger partial charge in [-0.3, -0.25) is 4.72 Å². The Labute approximate surface area is 111 Å². The summed E-state index contributed by atoms with van der Waals surface area (Å²) >= 11 is 0. The van der Waals surface area contributed by atoms with E-state index in [2.05, 4.69) is 0 Å². The zero-order valence-electron chi connectivity index (χ0n) is 9.77. The lowest BCUT2D eigenvalue weighted by Gasteiger charge is -2.08. The molecule has 0 spiro atoms. The minimum Gasteiger partial charge on any atom is -0.283 e. The number of nitrogens with two attached hydrogens (primary N) is 1. The quantitative estimate of drug-likeness (QED) is 0.716. The summed E-state index contributed by atoms with van der Waals surface area (Å²) in [5.41, 5.74) is -0.0878. The van der Waals surface area contributed by atoms with Gasteiger partial charge < -0.3 is 0 Å². The number of rotatable bonds is 5. The van der Waals surface area contributed by atoms with Crippen molar-refractivity contribution in [1.29, 1.82) is 0 Å². The Morgan fingerprint density at radius 2 is 1.68 bits per heavy atom. The molecule has 0 unspecified atom stereocenters. The second kappa shape index (κ2) is 5.07. The Balaban J connectivity index is 3.08. The summed E-state index contributed by atoms with van der Waals surface area (Å²) in [5.74, 6) is 0. The number of hydrogen-bond donors (Lipinski definition) is 2. The maximum absolute atomic E-state index is 11.5. The van der Waals surface area contributed by atoms with Gasteiger partial charge in [-0.15, -0.1) is 0 Å². The fourth-order valence-electron chi connectivity index (χ4n) is 1.23. The summed E-state index contributed by atoms with van der Waals surface area (Å²) < 4.78 is 69.0. The third-order valence-corrected chi connectivity index (χ3v) is 6.22. The first-order chi connectivity index (χ1) is 8.39. The third-order valence-electron chi connectivity index (χ3n) is 1.81. The Morgan fingerprint density at radius 3 is 2.16 bits per heavy atom. The zero-order chi connectivity index (χ0) is 14.9. The predicted molar refractivity (Wildman–Crippen MR) is 70.1 cm³/mol. The van der Waals surface area contributed by atoms with E-state index in [4.69, 9.17) is 5.14 Å². The van der Waals surface area contributed by atoms with E-state index in [9.17, 15) is 25.3 Å². The van der Waals surface area contributed by atoms with E-state index >= 15 is 0 Å². The van der Waals surface area contributed by atoms with Crippen LogP contribution in [-0.4, -0.2) is 36.6 Å². The standard InChI is InChI=1S/C8H12N2O6S3/c1-17(11,12)6-18(13,14)10-7-3-2-4-8(5-7)19(9,15)16/h2-5,10H,6H2,1H3,(H2,9,15,16). The summed E-state index contributed by atoms with van der Waals surface area (Å²) in [7, 11) is -11.8. The lowest BCUT2D eigenvalue weighted by Crippen LogP contribution is -2.22. The molecule has 0 radical (unpaired) electrons. The van der Waals surface area contributed by atoms with E-state index in [1.54, 1.807) is 0 Å². The highest BCUT2D eigenvalue weighted by Gasteiger charge is 2.18. The monoisotopic (exact) mass is 328 g/mol. The number of benzene rings is 1.